The first-order chi connectivity index (χ1) is 12.4. The Morgan fingerprint density at radius 3 is 2.69 bits per heavy atom. The second-order valence-corrected chi connectivity index (χ2v) is 8.15. The number of fused-ring (bicyclic) bond motifs is 1. The molecule has 7 heteroatoms. The van der Waals surface area contributed by atoms with Crippen molar-refractivity contribution in [2.45, 2.75) is 0 Å². The van der Waals surface area contributed by atoms with Gasteiger partial charge in [-0.2, -0.15) is 0 Å². The van der Waals surface area contributed by atoms with E-state index in [4.69, 9.17) is 0 Å². The van der Waals surface area contributed by atoms with Gasteiger partial charge in [0.25, 0.3) is 5.91 Å². The average molecular weight is 369 g/mol. The summed E-state index contributed by atoms with van der Waals surface area (Å²) in [6.07, 6.45) is 1.71. The Labute approximate surface area is 155 Å². The molecule has 0 saturated carbocycles. The topological polar surface area (TPSA) is 66.1 Å². The van der Waals surface area contributed by atoms with Gasteiger partial charge in [0.1, 0.15) is 5.69 Å². The number of hydrogen-bond donors (Lipinski definition) is 1. The molecule has 2 aromatic heterocycles. The lowest BCUT2D eigenvalue weighted by molar-refractivity contribution is -0.894. The number of benzene rings is 1. The molecule has 0 bridgehead atoms. The minimum atomic E-state index is -0.150. The van der Waals surface area contributed by atoms with Gasteiger partial charge in [-0.25, -0.2) is 4.98 Å². The summed E-state index contributed by atoms with van der Waals surface area (Å²) in [7, 11) is 4.34. The molecule has 1 amide bonds. The summed E-state index contributed by atoms with van der Waals surface area (Å²) in [4.78, 5) is 34.8. The summed E-state index contributed by atoms with van der Waals surface area (Å²) in [5.74, 6) is -0.234. The number of amides is 1. The van der Waals surface area contributed by atoms with Crippen LogP contribution in [0.25, 0.3) is 10.9 Å². The third-order valence-corrected chi connectivity index (χ3v) is 5.83. The predicted molar refractivity (Wildman–Crippen MR) is 102 cm³/mol. The number of hydrogen-bond acceptors (Lipinski definition) is 4. The Bertz CT molecular complexity index is 978. The first kappa shape index (κ1) is 16.9. The molecule has 4 rings (SSSR count). The van der Waals surface area contributed by atoms with E-state index in [1.54, 1.807) is 11.6 Å². The number of nitrogens with zero attached hydrogens (tertiary/aromatic N) is 3. The maximum absolute atomic E-state index is 12.8. The number of H-pyrrole nitrogens is 1. The van der Waals surface area contributed by atoms with Crippen LogP contribution in [0.4, 0.5) is 0 Å². The number of para-hydroxylation sites is 1. The van der Waals surface area contributed by atoms with Gasteiger partial charge in [-0.05, 0) is 6.07 Å². The zero-order valence-electron chi connectivity index (χ0n) is 14.9. The number of carbonyl (C=O) groups excluding carboxylic acids is 2. The van der Waals surface area contributed by atoms with Gasteiger partial charge in [-0.3, -0.25) is 9.59 Å². The number of carbonyl (C=O) groups is 2. The van der Waals surface area contributed by atoms with Crippen LogP contribution in [0.15, 0.2) is 35.8 Å². The highest BCUT2D eigenvalue weighted by Crippen LogP contribution is 2.23. The average Bonchev–Trinajstić information content (AvgIpc) is 3.28. The number of rotatable bonds is 3. The molecule has 0 radical (unpaired) electrons. The molecule has 0 aliphatic carbocycles. The van der Waals surface area contributed by atoms with Crippen LogP contribution in [0, 0.1) is 0 Å². The third kappa shape index (κ3) is 3.04. The van der Waals surface area contributed by atoms with E-state index in [9.17, 15) is 9.59 Å². The molecule has 3 heterocycles. The standard InChI is InChI=1S/C19H20N4O2S/c1-23(2)9-7-22(8-10-23)19(25)16-12-26-18(21-16)17(24)14-11-20-15-6-4-3-5-13(14)15/h3-6,11-12H,7-10H2,1-2H3/p+1. The SMILES string of the molecule is C[N+]1(C)CCN(C(=O)c2csc(C(=O)c3c[nH]c4ccccc34)n2)CC1. The quantitative estimate of drug-likeness (QED) is 0.569. The number of quaternary nitrogens is 1. The summed E-state index contributed by atoms with van der Waals surface area (Å²) in [6.45, 7) is 3.29. The van der Waals surface area contributed by atoms with Crippen molar-refractivity contribution in [2.24, 2.45) is 0 Å². The van der Waals surface area contributed by atoms with Crippen molar-refractivity contribution in [2.75, 3.05) is 40.3 Å². The van der Waals surface area contributed by atoms with Crippen LogP contribution >= 0.6 is 11.3 Å². The zero-order chi connectivity index (χ0) is 18.3. The highest BCUT2D eigenvalue weighted by Gasteiger charge is 2.29. The van der Waals surface area contributed by atoms with Gasteiger partial charge in [0.05, 0.1) is 45.8 Å². The lowest BCUT2D eigenvalue weighted by Crippen LogP contribution is -2.56. The largest absolute Gasteiger partial charge is 0.360 e. The second-order valence-electron chi connectivity index (χ2n) is 7.29. The van der Waals surface area contributed by atoms with E-state index < -0.39 is 0 Å². The molecule has 1 aliphatic rings. The van der Waals surface area contributed by atoms with Crippen molar-refractivity contribution in [1.82, 2.24) is 14.9 Å². The lowest BCUT2D eigenvalue weighted by Gasteiger charge is -2.38. The monoisotopic (exact) mass is 369 g/mol. The molecular weight excluding hydrogens is 348 g/mol. The van der Waals surface area contributed by atoms with Gasteiger partial charge in [0, 0.05) is 22.5 Å². The van der Waals surface area contributed by atoms with Crippen LogP contribution in [-0.4, -0.2) is 71.3 Å². The normalized spacial score (nSPS) is 16.8. The summed E-state index contributed by atoms with van der Waals surface area (Å²) in [5, 5.41) is 2.92. The van der Waals surface area contributed by atoms with Gasteiger partial charge in [0.2, 0.25) is 5.78 Å². The zero-order valence-corrected chi connectivity index (χ0v) is 15.7. The van der Waals surface area contributed by atoms with E-state index in [1.807, 2.05) is 29.2 Å². The molecule has 0 unspecified atom stereocenters. The second kappa shape index (κ2) is 6.34. The fourth-order valence-electron chi connectivity index (χ4n) is 3.22. The molecule has 1 aromatic carbocycles. The van der Waals surface area contributed by atoms with Crippen molar-refractivity contribution in [1.29, 1.82) is 0 Å². The molecule has 1 saturated heterocycles. The van der Waals surface area contributed by atoms with Crippen LogP contribution in [0.2, 0.25) is 0 Å². The third-order valence-electron chi connectivity index (χ3n) is 4.99. The minimum Gasteiger partial charge on any atom is -0.360 e. The number of thiazole rings is 1. The predicted octanol–water partition coefficient (Wildman–Crippen LogP) is 2.39. The Morgan fingerprint density at radius 1 is 1.19 bits per heavy atom. The van der Waals surface area contributed by atoms with E-state index in [-0.39, 0.29) is 11.7 Å². The molecule has 0 spiro atoms. The molecule has 0 atom stereocenters. The molecule has 26 heavy (non-hydrogen) atoms. The number of ketones is 1. The molecule has 6 nitrogen and oxygen atoms in total. The smallest absolute Gasteiger partial charge is 0.273 e. The number of likely N-dealkylation sites (N-methyl/N-ethyl adjacent to an activating group) is 1. The number of nitrogens with one attached hydrogen (secondary N) is 1. The van der Waals surface area contributed by atoms with Crippen LogP contribution in [0.3, 0.4) is 0 Å². The van der Waals surface area contributed by atoms with Gasteiger partial charge < -0.3 is 14.4 Å². The molecule has 134 valence electrons. The van der Waals surface area contributed by atoms with Crippen molar-refractivity contribution >= 4 is 33.9 Å². The van der Waals surface area contributed by atoms with Crippen LogP contribution in [-0.2, 0) is 0 Å². The fraction of sp³-hybridized carbons (Fsp3) is 0.316. The van der Waals surface area contributed by atoms with Gasteiger partial charge in [-0.1, -0.05) is 18.2 Å². The number of aromatic nitrogens is 2. The molecule has 1 fully saturated rings. The van der Waals surface area contributed by atoms with Crippen LogP contribution in [0.5, 0.6) is 0 Å². The summed E-state index contributed by atoms with van der Waals surface area (Å²) < 4.78 is 0.922. The summed E-state index contributed by atoms with van der Waals surface area (Å²) in [5.41, 5.74) is 1.87. The van der Waals surface area contributed by atoms with Crippen LogP contribution < -0.4 is 0 Å². The summed E-state index contributed by atoms with van der Waals surface area (Å²) in [6, 6.07) is 7.66. The maximum Gasteiger partial charge on any atom is 0.273 e. The highest BCUT2D eigenvalue weighted by atomic mass is 32.1. The molecule has 1 aliphatic heterocycles. The lowest BCUT2D eigenvalue weighted by atomic mass is 10.1. The van der Waals surface area contributed by atoms with Crippen molar-refractivity contribution in [3.8, 4) is 0 Å². The van der Waals surface area contributed by atoms with Crippen LogP contribution in [0.1, 0.15) is 25.9 Å². The van der Waals surface area contributed by atoms with Crippen molar-refractivity contribution in [3.63, 3.8) is 0 Å². The van der Waals surface area contributed by atoms with E-state index >= 15 is 0 Å². The fourth-order valence-corrected chi connectivity index (χ4v) is 3.97. The van der Waals surface area contributed by atoms with Gasteiger partial charge >= 0.3 is 0 Å². The minimum absolute atomic E-state index is 0.0843. The maximum atomic E-state index is 12.8. The van der Waals surface area contributed by atoms with E-state index in [2.05, 4.69) is 24.1 Å². The summed E-state index contributed by atoms with van der Waals surface area (Å²) >= 11 is 1.23. The molecule has 3 aromatic rings. The van der Waals surface area contributed by atoms with Crippen molar-refractivity contribution in [3.05, 3.63) is 52.1 Å². The van der Waals surface area contributed by atoms with Crippen molar-refractivity contribution < 1.29 is 14.1 Å². The Morgan fingerprint density at radius 2 is 1.92 bits per heavy atom. The first-order valence-electron chi connectivity index (χ1n) is 8.62. The van der Waals surface area contributed by atoms with E-state index in [1.165, 1.54) is 11.3 Å². The highest BCUT2D eigenvalue weighted by molar-refractivity contribution is 7.12. The van der Waals surface area contributed by atoms with E-state index in [0.717, 1.165) is 41.6 Å². The molecular formula is C19H21N4O2S+. The number of piperazine rings is 1. The Balaban J connectivity index is 1.54. The van der Waals surface area contributed by atoms with Gasteiger partial charge in [0.15, 0.2) is 5.01 Å². The first-order valence-corrected chi connectivity index (χ1v) is 9.50. The Kier molecular flexibility index (Phi) is 4.13. The molecule has 1 N–H and O–H groups in total. The Hall–Kier alpha value is -2.51. The van der Waals surface area contributed by atoms with E-state index in [0.29, 0.717) is 16.3 Å². The van der Waals surface area contributed by atoms with Gasteiger partial charge in [-0.15, -0.1) is 11.3 Å². The number of aromatic amines is 1.